The van der Waals surface area contributed by atoms with Gasteiger partial charge in [0.25, 0.3) is 5.56 Å². The number of piperazine rings is 1. The summed E-state index contributed by atoms with van der Waals surface area (Å²) in [6.45, 7) is 7.41. The molecule has 1 amide bonds. The predicted octanol–water partition coefficient (Wildman–Crippen LogP) is 2.54. The third-order valence-electron chi connectivity index (χ3n) is 4.83. The van der Waals surface area contributed by atoms with Crippen LogP contribution in [0.2, 0.25) is 0 Å². The van der Waals surface area contributed by atoms with Crippen molar-refractivity contribution < 1.29 is 9.21 Å². The van der Waals surface area contributed by atoms with Gasteiger partial charge in [-0.1, -0.05) is 13.8 Å². The van der Waals surface area contributed by atoms with Crippen LogP contribution in [-0.4, -0.2) is 51.9 Å². The summed E-state index contributed by atoms with van der Waals surface area (Å²) in [6, 6.07) is 3.64. The summed E-state index contributed by atoms with van der Waals surface area (Å²) in [5.41, 5.74) is 0.636. The highest BCUT2D eigenvalue weighted by Gasteiger charge is 2.23. The first-order chi connectivity index (χ1) is 13.0. The number of nitrogens with one attached hydrogen (secondary N) is 1. The number of rotatable bonds is 4. The van der Waals surface area contributed by atoms with Gasteiger partial charge in [0.05, 0.1) is 18.2 Å². The number of hydrogen-bond donors (Lipinski definition) is 1. The van der Waals surface area contributed by atoms with Gasteiger partial charge in [0.15, 0.2) is 0 Å². The van der Waals surface area contributed by atoms with Gasteiger partial charge in [0, 0.05) is 43.0 Å². The van der Waals surface area contributed by atoms with Crippen LogP contribution >= 0.6 is 11.3 Å². The van der Waals surface area contributed by atoms with Gasteiger partial charge in [-0.25, -0.2) is 4.98 Å². The fraction of sp³-hybridized carbons (Fsp3) is 0.421. The quantitative estimate of drug-likeness (QED) is 0.745. The number of nitrogens with zero attached hydrogens (tertiary/aromatic N) is 3. The van der Waals surface area contributed by atoms with Crippen LogP contribution in [0, 0.1) is 5.92 Å². The Labute approximate surface area is 160 Å². The molecule has 4 rings (SSSR count). The number of furan rings is 1. The lowest BCUT2D eigenvalue weighted by molar-refractivity contribution is -0.136. The van der Waals surface area contributed by atoms with Crippen LogP contribution in [0.25, 0.3) is 21.5 Å². The molecule has 0 aromatic carbocycles. The lowest BCUT2D eigenvalue weighted by Gasteiger charge is -2.35. The lowest BCUT2D eigenvalue weighted by Crippen LogP contribution is -2.49. The highest BCUT2D eigenvalue weighted by atomic mass is 32.1. The van der Waals surface area contributed by atoms with Gasteiger partial charge < -0.3 is 14.3 Å². The smallest absolute Gasteiger partial charge is 0.260 e. The van der Waals surface area contributed by atoms with Crippen LogP contribution in [-0.2, 0) is 11.3 Å². The molecular formula is C19H22N4O3S. The molecule has 0 radical (unpaired) electrons. The van der Waals surface area contributed by atoms with Gasteiger partial charge in [0.1, 0.15) is 16.4 Å². The van der Waals surface area contributed by atoms with Crippen molar-refractivity contribution in [1.82, 2.24) is 19.8 Å². The molecule has 4 heterocycles. The molecule has 3 aromatic rings. The zero-order valence-electron chi connectivity index (χ0n) is 15.4. The summed E-state index contributed by atoms with van der Waals surface area (Å²) < 4.78 is 5.42. The van der Waals surface area contributed by atoms with E-state index in [-0.39, 0.29) is 17.4 Å². The van der Waals surface area contributed by atoms with Gasteiger partial charge in [-0.15, -0.1) is 11.3 Å². The Morgan fingerprint density at radius 1 is 1.33 bits per heavy atom. The maximum Gasteiger partial charge on any atom is 0.260 e. The first-order valence-electron chi connectivity index (χ1n) is 9.08. The first kappa shape index (κ1) is 17.9. The van der Waals surface area contributed by atoms with Crippen molar-refractivity contribution in [3.63, 3.8) is 0 Å². The average Bonchev–Trinajstić information content (AvgIpc) is 3.31. The van der Waals surface area contributed by atoms with Gasteiger partial charge >= 0.3 is 0 Å². The highest BCUT2D eigenvalue weighted by molar-refractivity contribution is 7.17. The van der Waals surface area contributed by atoms with E-state index in [1.54, 1.807) is 12.3 Å². The molecule has 0 aliphatic carbocycles. The Balaban J connectivity index is 1.49. The Morgan fingerprint density at radius 2 is 2.11 bits per heavy atom. The predicted molar refractivity (Wildman–Crippen MR) is 105 cm³/mol. The van der Waals surface area contributed by atoms with Crippen molar-refractivity contribution in [2.75, 3.05) is 26.2 Å². The number of thiophene rings is 1. The molecule has 0 atom stereocenters. The molecular weight excluding hydrogens is 364 g/mol. The molecule has 1 aliphatic rings. The number of hydrogen-bond acceptors (Lipinski definition) is 6. The number of carbonyl (C=O) groups excluding carboxylic acids is 1. The molecule has 0 unspecified atom stereocenters. The Morgan fingerprint density at radius 3 is 2.78 bits per heavy atom. The van der Waals surface area contributed by atoms with Crippen LogP contribution < -0.4 is 5.56 Å². The SMILES string of the molecule is CC(C)C(=O)N1CCN(Cc2nc3scc(-c4ccco4)c3c(=O)[nH]2)CC1. The van der Waals surface area contributed by atoms with Crippen LogP contribution in [0.5, 0.6) is 0 Å². The lowest BCUT2D eigenvalue weighted by atomic mass is 10.1. The second-order valence-corrected chi connectivity index (χ2v) is 7.93. The molecule has 0 bridgehead atoms. The van der Waals surface area contributed by atoms with Crippen molar-refractivity contribution >= 4 is 27.5 Å². The molecule has 1 aliphatic heterocycles. The number of carbonyl (C=O) groups is 1. The van der Waals surface area contributed by atoms with Crippen molar-refractivity contribution in [3.05, 3.63) is 40.0 Å². The standard InChI is InChI=1S/C19H22N4O3S/c1-12(2)19(25)23-7-5-22(6-8-23)10-15-20-17(24)16-13(11-27-18(16)21-15)14-4-3-9-26-14/h3-4,9,11-12H,5-8,10H2,1-2H3,(H,20,21,24). The number of aromatic amines is 1. The maximum absolute atomic E-state index is 12.6. The molecule has 8 heteroatoms. The molecule has 7 nitrogen and oxygen atoms in total. The number of fused-ring (bicyclic) bond motifs is 1. The minimum absolute atomic E-state index is 0.0270. The van der Waals surface area contributed by atoms with Gasteiger partial charge in [0.2, 0.25) is 5.91 Å². The molecule has 1 fully saturated rings. The van der Waals surface area contributed by atoms with Crippen LogP contribution in [0.15, 0.2) is 33.0 Å². The second-order valence-electron chi connectivity index (χ2n) is 7.08. The average molecular weight is 386 g/mol. The first-order valence-corrected chi connectivity index (χ1v) is 9.96. The van der Waals surface area contributed by atoms with E-state index >= 15 is 0 Å². The third kappa shape index (κ3) is 3.54. The minimum Gasteiger partial charge on any atom is -0.464 e. The summed E-state index contributed by atoms with van der Waals surface area (Å²) in [5, 5.41) is 2.48. The van der Waals surface area contributed by atoms with Crippen molar-refractivity contribution in [2.45, 2.75) is 20.4 Å². The van der Waals surface area contributed by atoms with Crippen molar-refractivity contribution in [2.24, 2.45) is 5.92 Å². The minimum atomic E-state index is -0.142. The molecule has 0 spiro atoms. The molecule has 1 N–H and O–H groups in total. The van der Waals surface area contributed by atoms with Gasteiger partial charge in [-0.3, -0.25) is 14.5 Å². The van der Waals surface area contributed by atoms with E-state index in [1.807, 2.05) is 30.2 Å². The summed E-state index contributed by atoms with van der Waals surface area (Å²) in [7, 11) is 0. The second kappa shape index (κ2) is 7.28. The largest absolute Gasteiger partial charge is 0.464 e. The fourth-order valence-corrected chi connectivity index (χ4v) is 4.33. The van der Waals surface area contributed by atoms with Crippen LogP contribution in [0.4, 0.5) is 0 Å². The molecule has 27 heavy (non-hydrogen) atoms. The van der Waals surface area contributed by atoms with Crippen LogP contribution in [0.3, 0.4) is 0 Å². The third-order valence-corrected chi connectivity index (χ3v) is 5.70. The highest BCUT2D eigenvalue weighted by Crippen LogP contribution is 2.30. The Bertz CT molecular complexity index is 998. The van der Waals surface area contributed by atoms with Crippen LogP contribution in [0.1, 0.15) is 19.7 Å². The number of H-pyrrole nitrogens is 1. The summed E-state index contributed by atoms with van der Waals surface area (Å²) in [5.74, 6) is 1.56. The topological polar surface area (TPSA) is 82.4 Å². The van der Waals surface area contributed by atoms with Gasteiger partial charge in [-0.05, 0) is 12.1 Å². The van der Waals surface area contributed by atoms with E-state index in [9.17, 15) is 9.59 Å². The maximum atomic E-state index is 12.6. The van der Waals surface area contributed by atoms with Gasteiger partial charge in [-0.2, -0.15) is 0 Å². The molecule has 1 saturated heterocycles. The zero-order chi connectivity index (χ0) is 19.0. The summed E-state index contributed by atoms with van der Waals surface area (Å²) in [6.07, 6.45) is 1.60. The van der Waals surface area contributed by atoms with E-state index in [2.05, 4.69) is 14.9 Å². The van der Waals surface area contributed by atoms with E-state index in [0.717, 1.165) is 18.7 Å². The summed E-state index contributed by atoms with van der Waals surface area (Å²) >= 11 is 1.45. The van der Waals surface area contributed by atoms with E-state index in [1.165, 1.54) is 11.3 Å². The van der Waals surface area contributed by atoms with E-state index in [0.29, 0.717) is 41.4 Å². The van der Waals surface area contributed by atoms with Crippen molar-refractivity contribution in [1.29, 1.82) is 0 Å². The molecule has 142 valence electrons. The van der Waals surface area contributed by atoms with E-state index < -0.39 is 0 Å². The van der Waals surface area contributed by atoms with Crippen molar-refractivity contribution in [3.8, 4) is 11.3 Å². The molecule has 3 aromatic heterocycles. The molecule has 0 saturated carbocycles. The number of aromatic nitrogens is 2. The fourth-order valence-electron chi connectivity index (χ4n) is 3.38. The summed E-state index contributed by atoms with van der Waals surface area (Å²) in [4.78, 5) is 37.1. The number of amides is 1. The van der Waals surface area contributed by atoms with E-state index in [4.69, 9.17) is 4.42 Å². The monoisotopic (exact) mass is 386 g/mol. The normalized spacial score (nSPS) is 15.7. The Kier molecular flexibility index (Phi) is 4.84. The zero-order valence-corrected chi connectivity index (χ0v) is 16.2. The Hall–Kier alpha value is -2.45.